The van der Waals surface area contributed by atoms with Crippen molar-refractivity contribution in [3.8, 4) is 0 Å². The van der Waals surface area contributed by atoms with Crippen LogP contribution in [0, 0.1) is 0 Å². The summed E-state index contributed by atoms with van der Waals surface area (Å²) in [5, 5.41) is 205. The van der Waals surface area contributed by atoms with Crippen LogP contribution in [0.5, 0.6) is 0 Å². The molecule has 5 saturated heterocycles. The Balaban J connectivity index is 0.000000551. The number of carbonyl (C=O) groups is 4. The van der Waals surface area contributed by atoms with E-state index in [-0.39, 0.29) is 26.1 Å². The number of aliphatic hydroxyl groups excluding tert-OH is 22. The average molecular weight is 1300 g/mol. The fraction of sp³-hybridized carbons (Fsp3) is 0.917. The Hall–Kier alpha value is -3.40. The van der Waals surface area contributed by atoms with E-state index in [2.05, 4.69) is 0 Å². The molecule has 30 N–H and O–H groups in total. The zero-order chi connectivity index (χ0) is 67.8. The van der Waals surface area contributed by atoms with Gasteiger partial charge in [0.15, 0.2) is 31.5 Å². The Morgan fingerprint density at radius 2 is 0.500 bits per heavy atom. The van der Waals surface area contributed by atoms with Gasteiger partial charge in [-0.3, -0.25) is 19.2 Å². The third kappa shape index (κ3) is 25.6. The summed E-state index contributed by atoms with van der Waals surface area (Å²) >= 11 is 0. The van der Waals surface area contributed by atoms with Crippen molar-refractivity contribution in [2.24, 2.45) is 22.9 Å². The largest absolute Gasteiger partial charge is 0.394 e. The van der Waals surface area contributed by atoms with Crippen molar-refractivity contribution in [2.45, 2.75) is 231 Å². The molecule has 40 heteroatoms. The molecule has 5 aliphatic heterocycles. The SMILES string of the molecule is CC(CC(N)=O)O[C@@H]1OC(CO)[C@@H](O)[C@H](O)C1O.CC(CC(N)=O)O[C@@H]1OC(CO)[C@@H](O)[C@H](O)C1O.CC(CO)O[C@@H]1OC(CO)[C@@H](O)[C@H](O)C1O.CC(CO)O[C@@H]1OC(CO)[C@@H](O)[C@H](O)C1O.NC(=O)CC(O[C@@H]1OC(CO)[C@H](O)[C@H](O)C1O)C(N)=O. The fourth-order valence-electron chi connectivity index (χ4n) is 8.12. The number of ether oxygens (including phenoxy) is 10. The van der Waals surface area contributed by atoms with Crippen LogP contribution in [-0.4, -0.2) is 366 Å². The van der Waals surface area contributed by atoms with Gasteiger partial charge in [0.1, 0.15) is 128 Å². The van der Waals surface area contributed by atoms with Gasteiger partial charge in [-0.1, -0.05) is 0 Å². The smallest absolute Gasteiger partial charge is 0.247 e. The first-order chi connectivity index (χ1) is 41.0. The third-order valence-electron chi connectivity index (χ3n) is 13.2. The summed E-state index contributed by atoms with van der Waals surface area (Å²) in [5.74, 6) is -3.03. The van der Waals surface area contributed by atoms with Crippen LogP contribution < -0.4 is 22.9 Å². The molecular weight excluding hydrogens is 1210 g/mol. The number of hydrogen-bond acceptors (Lipinski definition) is 36. The van der Waals surface area contributed by atoms with Crippen LogP contribution in [0.1, 0.15) is 47.0 Å². The molecule has 0 aliphatic carbocycles. The van der Waals surface area contributed by atoms with Gasteiger partial charge >= 0.3 is 0 Å². The molecule has 15 unspecified atom stereocenters. The molecule has 0 spiro atoms. The quantitative estimate of drug-likeness (QED) is 0.0427. The van der Waals surface area contributed by atoms with E-state index in [4.69, 9.17) is 106 Å². The van der Waals surface area contributed by atoms with E-state index >= 15 is 0 Å². The highest BCUT2D eigenvalue weighted by molar-refractivity contribution is 5.85. The minimum absolute atomic E-state index is 0.0744. The lowest BCUT2D eigenvalue weighted by molar-refractivity contribution is -0.311. The normalized spacial score (nSPS) is 39.0. The van der Waals surface area contributed by atoms with E-state index in [1.54, 1.807) is 27.7 Å². The van der Waals surface area contributed by atoms with E-state index in [0.717, 1.165) is 0 Å². The number of hydrogen-bond donors (Lipinski definition) is 26. The second-order valence-corrected chi connectivity index (χ2v) is 20.7. The van der Waals surface area contributed by atoms with Gasteiger partial charge < -0.3 is 183 Å². The van der Waals surface area contributed by atoms with Crippen molar-refractivity contribution in [1.82, 2.24) is 0 Å². The van der Waals surface area contributed by atoms with Crippen molar-refractivity contribution >= 4 is 23.6 Å². The Bertz CT molecular complexity index is 1870. The molecule has 0 saturated carbocycles. The summed E-state index contributed by atoms with van der Waals surface area (Å²) in [6.45, 7) is 2.95. The molecular formula is C48H92N4O36. The highest BCUT2D eigenvalue weighted by Gasteiger charge is 2.49. The molecule has 0 aromatic carbocycles. The summed E-state index contributed by atoms with van der Waals surface area (Å²) in [5.41, 5.74) is 19.9. The number of primary amides is 4. The molecule has 5 rings (SSSR count). The van der Waals surface area contributed by atoms with Crippen LogP contribution >= 0.6 is 0 Å². The van der Waals surface area contributed by atoms with Gasteiger partial charge in [0, 0.05) is 0 Å². The summed E-state index contributed by atoms with van der Waals surface area (Å²) in [6.07, 6.45) is -38.5. The summed E-state index contributed by atoms with van der Waals surface area (Å²) in [7, 11) is 0. The van der Waals surface area contributed by atoms with Crippen LogP contribution in [0.4, 0.5) is 0 Å². The van der Waals surface area contributed by atoms with E-state index in [1.807, 2.05) is 0 Å². The summed E-state index contributed by atoms with van der Waals surface area (Å²) < 4.78 is 50.9. The highest BCUT2D eigenvalue weighted by Crippen LogP contribution is 2.28. The molecule has 0 aromatic heterocycles. The molecule has 5 aliphatic rings. The number of nitrogens with two attached hydrogens (primary N) is 4. The summed E-state index contributed by atoms with van der Waals surface area (Å²) in [4.78, 5) is 43.2. The van der Waals surface area contributed by atoms with E-state index < -0.39 is 247 Å². The minimum atomic E-state index is -1.69. The van der Waals surface area contributed by atoms with Crippen LogP contribution in [0.15, 0.2) is 0 Å². The van der Waals surface area contributed by atoms with E-state index in [0.29, 0.717) is 0 Å². The van der Waals surface area contributed by atoms with Gasteiger partial charge in [0.25, 0.3) is 0 Å². The predicted molar refractivity (Wildman–Crippen MR) is 281 cm³/mol. The van der Waals surface area contributed by atoms with Crippen molar-refractivity contribution < 1.29 is 179 Å². The van der Waals surface area contributed by atoms with E-state index in [1.165, 1.54) is 0 Å². The van der Waals surface area contributed by atoms with Crippen molar-refractivity contribution in [3.05, 3.63) is 0 Å². The Labute approximate surface area is 501 Å². The molecule has 88 heavy (non-hydrogen) atoms. The maximum atomic E-state index is 11.1. The minimum Gasteiger partial charge on any atom is -0.394 e. The lowest BCUT2D eigenvalue weighted by Gasteiger charge is -2.40. The Kier molecular flexibility index (Phi) is 38.1. The standard InChI is InChI=1S/C10H18N2O8.2C10H19NO7.2C9H18O7/c11-5(14)1-3(9(12)18)19-10-8(17)7(16)6(15)4(2-13)20-10;2*1-4(2-6(11)13)17-10-9(16)8(15)7(14)5(3-12)18-10;2*1-4(2-10)15-9-8(14)7(13)6(12)5(3-11)16-9/h3-4,6-8,10,13,15-17H,1-2H2,(H2,11,14)(H2,12,18);2*4-5,7-10,12,14-16H,2-3H2,1H3,(H2,11,13);2*4-14H,2-3H2,1H3/t3?,4?,6-,7-,8?,10+;2*4?,5?,7-,8+,9?,10-;2*4?,5?,6-,7+,8?,9-/m01111/s1. The maximum absolute atomic E-state index is 11.1. The highest BCUT2D eigenvalue weighted by atomic mass is 16.7. The van der Waals surface area contributed by atoms with Crippen molar-refractivity contribution in [1.29, 1.82) is 0 Å². The van der Waals surface area contributed by atoms with Gasteiger partial charge in [-0.2, -0.15) is 0 Å². The van der Waals surface area contributed by atoms with Crippen LogP contribution in [0.25, 0.3) is 0 Å². The summed E-state index contributed by atoms with van der Waals surface area (Å²) in [6, 6.07) is 0. The molecule has 5 fully saturated rings. The zero-order valence-electron chi connectivity index (χ0n) is 48.3. The average Bonchev–Trinajstić information content (AvgIpc) is 3.09. The predicted octanol–water partition coefficient (Wildman–Crippen LogP) is -16.0. The van der Waals surface area contributed by atoms with Gasteiger partial charge in [-0.05, 0) is 27.7 Å². The van der Waals surface area contributed by atoms with Crippen molar-refractivity contribution in [2.75, 3.05) is 46.2 Å². The van der Waals surface area contributed by atoms with Crippen LogP contribution in [0.2, 0.25) is 0 Å². The Morgan fingerprint density at radius 3 is 0.670 bits per heavy atom. The maximum Gasteiger partial charge on any atom is 0.247 e. The molecule has 30 atom stereocenters. The lowest BCUT2D eigenvalue weighted by atomic mass is 9.99. The second-order valence-electron chi connectivity index (χ2n) is 20.7. The Morgan fingerprint density at radius 1 is 0.307 bits per heavy atom. The second kappa shape index (κ2) is 40.6. The molecule has 520 valence electrons. The first-order valence-corrected chi connectivity index (χ1v) is 27.2. The van der Waals surface area contributed by atoms with Gasteiger partial charge in [-0.25, -0.2) is 0 Å². The number of amides is 4. The molecule has 40 nitrogen and oxygen atoms in total. The first-order valence-electron chi connectivity index (χ1n) is 27.2. The zero-order valence-corrected chi connectivity index (χ0v) is 48.3. The first kappa shape index (κ1) is 82.6. The number of aliphatic hydroxyl groups is 22. The van der Waals surface area contributed by atoms with Gasteiger partial charge in [0.2, 0.25) is 23.6 Å². The van der Waals surface area contributed by atoms with E-state index in [9.17, 15) is 95.8 Å². The van der Waals surface area contributed by atoms with Crippen molar-refractivity contribution in [3.63, 3.8) is 0 Å². The fourth-order valence-corrected chi connectivity index (χ4v) is 8.12. The topological polar surface area (TPSA) is 710 Å². The lowest BCUT2D eigenvalue weighted by Crippen LogP contribution is -2.60. The monoisotopic (exact) mass is 1300 g/mol. The number of carbonyl (C=O) groups excluding carboxylic acids is 4. The molecule has 0 bridgehead atoms. The molecule has 4 amide bonds. The molecule has 0 radical (unpaired) electrons. The molecule has 5 heterocycles. The van der Waals surface area contributed by atoms with Gasteiger partial charge in [-0.15, -0.1) is 0 Å². The van der Waals surface area contributed by atoms with Crippen LogP contribution in [-0.2, 0) is 66.5 Å². The van der Waals surface area contributed by atoms with Gasteiger partial charge in [0.05, 0.1) is 89.9 Å². The number of rotatable bonds is 24. The third-order valence-corrected chi connectivity index (χ3v) is 13.2. The molecule has 0 aromatic rings. The van der Waals surface area contributed by atoms with Crippen LogP contribution in [0.3, 0.4) is 0 Å².